The number of halogens is 3. The van der Waals surface area contributed by atoms with Gasteiger partial charge >= 0.3 is 0 Å². The van der Waals surface area contributed by atoms with Crippen LogP contribution in [0.4, 0.5) is 10.1 Å². The first-order valence-electron chi connectivity index (χ1n) is 6.11. The van der Waals surface area contributed by atoms with Crippen LogP contribution in [0.1, 0.15) is 15.9 Å². The molecule has 6 nitrogen and oxygen atoms in total. The van der Waals surface area contributed by atoms with Crippen LogP contribution < -0.4 is 5.43 Å². The summed E-state index contributed by atoms with van der Waals surface area (Å²) in [6, 6.07) is 7.71. The van der Waals surface area contributed by atoms with Gasteiger partial charge in [-0.3, -0.25) is 14.9 Å². The summed E-state index contributed by atoms with van der Waals surface area (Å²) in [5, 5.41) is 14.3. The van der Waals surface area contributed by atoms with E-state index in [0.29, 0.717) is 5.56 Å². The molecule has 2 aromatic rings. The van der Waals surface area contributed by atoms with Crippen molar-refractivity contribution < 1.29 is 14.1 Å². The van der Waals surface area contributed by atoms with E-state index < -0.39 is 16.6 Å². The number of carbonyl (C=O) groups is 1. The molecule has 0 spiro atoms. The van der Waals surface area contributed by atoms with Crippen molar-refractivity contribution in [3.05, 3.63) is 73.0 Å². The van der Waals surface area contributed by atoms with E-state index in [0.717, 1.165) is 6.07 Å². The Morgan fingerprint density at radius 1 is 1.35 bits per heavy atom. The number of non-ortho nitro benzene ring substituents is 1. The predicted octanol–water partition coefficient (Wildman–Crippen LogP) is 3.91. The van der Waals surface area contributed by atoms with Crippen molar-refractivity contribution in [2.24, 2.45) is 5.10 Å². The molecule has 0 fully saturated rings. The molecule has 1 amide bonds. The van der Waals surface area contributed by atoms with Gasteiger partial charge in [0.1, 0.15) is 5.82 Å². The summed E-state index contributed by atoms with van der Waals surface area (Å²) in [5.41, 5.74) is 2.64. The fourth-order valence-electron chi connectivity index (χ4n) is 1.62. The Hall–Kier alpha value is -2.32. The molecule has 0 aromatic heterocycles. The number of nitrogens with zero attached hydrogens (tertiary/aromatic N) is 2. The lowest BCUT2D eigenvalue weighted by Gasteiger charge is -2.02. The van der Waals surface area contributed by atoms with Crippen LogP contribution in [0, 0.1) is 15.9 Å². The Morgan fingerprint density at radius 2 is 2.09 bits per heavy atom. The summed E-state index contributed by atoms with van der Waals surface area (Å²) in [6.45, 7) is 0. The monoisotopic (exact) mass is 399 g/mol. The molecule has 0 unspecified atom stereocenters. The van der Waals surface area contributed by atoms with Gasteiger partial charge in [-0.2, -0.15) is 5.10 Å². The molecule has 0 atom stereocenters. The molecule has 0 aliphatic carbocycles. The molecule has 0 aliphatic rings. The van der Waals surface area contributed by atoms with Gasteiger partial charge in [0.2, 0.25) is 0 Å². The van der Waals surface area contributed by atoms with Crippen LogP contribution in [0.5, 0.6) is 0 Å². The van der Waals surface area contributed by atoms with Gasteiger partial charge in [-0.1, -0.05) is 17.7 Å². The molecule has 118 valence electrons. The van der Waals surface area contributed by atoms with Crippen molar-refractivity contribution in [1.82, 2.24) is 5.43 Å². The molecular weight excluding hydrogens is 393 g/mol. The van der Waals surface area contributed by atoms with Gasteiger partial charge in [0.15, 0.2) is 0 Å². The van der Waals surface area contributed by atoms with Gasteiger partial charge in [0, 0.05) is 12.1 Å². The second-order valence-electron chi connectivity index (χ2n) is 4.29. The molecule has 9 heteroatoms. The maximum atomic E-state index is 13.1. The lowest BCUT2D eigenvalue weighted by atomic mass is 10.2. The van der Waals surface area contributed by atoms with Crippen LogP contribution in [0.25, 0.3) is 0 Å². The third-order valence-electron chi connectivity index (χ3n) is 2.73. The summed E-state index contributed by atoms with van der Waals surface area (Å²) < 4.78 is 13.4. The first kappa shape index (κ1) is 17.0. The number of amides is 1. The smallest absolute Gasteiger partial charge is 0.267 e. The second kappa shape index (κ2) is 7.30. The first-order valence-corrected chi connectivity index (χ1v) is 7.28. The molecule has 0 saturated heterocycles. The minimum atomic E-state index is -0.623. The SMILES string of the molecule is O=C(N/N=C/c1ccc(F)c(Br)c1)c1ccc([N+](=O)[O-])cc1Cl. The molecule has 0 saturated carbocycles. The summed E-state index contributed by atoms with van der Waals surface area (Å²) >= 11 is 8.87. The standard InChI is InChI=1S/C14H8BrClFN3O3/c15-11-5-8(1-4-13(11)17)7-18-19-14(21)10-3-2-9(20(22)23)6-12(10)16/h1-7H,(H,19,21)/b18-7+. The van der Waals surface area contributed by atoms with Crippen molar-refractivity contribution in [3.63, 3.8) is 0 Å². The zero-order valence-corrected chi connectivity index (χ0v) is 13.6. The van der Waals surface area contributed by atoms with Crippen molar-refractivity contribution in [1.29, 1.82) is 0 Å². The molecule has 2 rings (SSSR count). The van der Waals surface area contributed by atoms with E-state index in [4.69, 9.17) is 11.6 Å². The highest BCUT2D eigenvalue weighted by Crippen LogP contribution is 2.22. The molecule has 2 aromatic carbocycles. The number of rotatable bonds is 4. The summed E-state index contributed by atoms with van der Waals surface area (Å²) in [6.07, 6.45) is 1.32. The number of hydrogen-bond acceptors (Lipinski definition) is 4. The van der Waals surface area contributed by atoms with Crippen molar-refractivity contribution >= 4 is 45.3 Å². The Kier molecular flexibility index (Phi) is 5.41. The summed E-state index contributed by atoms with van der Waals surface area (Å²) in [5.74, 6) is -1.04. The average molecular weight is 401 g/mol. The van der Waals surface area contributed by atoms with E-state index >= 15 is 0 Å². The number of hydrogen-bond donors (Lipinski definition) is 1. The van der Waals surface area contributed by atoms with E-state index in [1.165, 1.54) is 36.5 Å². The van der Waals surface area contributed by atoms with Crippen LogP contribution >= 0.6 is 27.5 Å². The minimum absolute atomic E-state index is 0.0507. The predicted molar refractivity (Wildman–Crippen MR) is 87.3 cm³/mol. The zero-order valence-electron chi connectivity index (χ0n) is 11.3. The third-order valence-corrected chi connectivity index (χ3v) is 3.65. The van der Waals surface area contributed by atoms with Crippen LogP contribution in [-0.2, 0) is 0 Å². The Bertz CT molecular complexity index is 814. The van der Waals surface area contributed by atoms with E-state index in [9.17, 15) is 19.3 Å². The zero-order chi connectivity index (χ0) is 17.0. The van der Waals surface area contributed by atoms with Crippen molar-refractivity contribution in [3.8, 4) is 0 Å². The van der Waals surface area contributed by atoms with Gasteiger partial charge in [-0.15, -0.1) is 0 Å². The fourth-order valence-corrected chi connectivity index (χ4v) is 2.28. The Morgan fingerprint density at radius 3 is 2.70 bits per heavy atom. The lowest BCUT2D eigenvalue weighted by molar-refractivity contribution is -0.384. The summed E-state index contributed by atoms with van der Waals surface area (Å²) in [7, 11) is 0. The topological polar surface area (TPSA) is 84.6 Å². The Labute approximate surface area is 143 Å². The largest absolute Gasteiger partial charge is 0.272 e. The number of nitrogens with one attached hydrogen (secondary N) is 1. The highest BCUT2D eigenvalue weighted by Gasteiger charge is 2.14. The third kappa shape index (κ3) is 4.33. The van der Waals surface area contributed by atoms with Gasteiger partial charge in [-0.25, -0.2) is 9.82 Å². The van der Waals surface area contributed by atoms with Crippen LogP contribution in [0.2, 0.25) is 5.02 Å². The molecular formula is C14H8BrClFN3O3. The van der Waals surface area contributed by atoms with Crippen LogP contribution in [0.3, 0.4) is 0 Å². The van der Waals surface area contributed by atoms with Crippen molar-refractivity contribution in [2.75, 3.05) is 0 Å². The van der Waals surface area contributed by atoms with Gasteiger partial charge in [-0.05, 0) is 39.7 Å². The fraction of sp³-hybridized carbons (Fsp3) is 0. The number of nitro benzene ring substituents is 1. The van der Waals surface area contributed by atoms with E-state index in [2.05, 4.69) is 26.5 Å². The Balaban J connectivity index is 2.08. The summed E-state index contributed by atoms with van der Waals surface area (Å²) in [4.78, 5) is 21.9. The first-order chi connectivity index (χ1) is 10.9. The van der Waals surface area contributed by atoms with E-state index in [-0.39, 0.29) is 20.7 Å². The highest BCUT2D eigenvalue weighted by molar-refractivity contribution is 9.10. The molecule has 0 aliphatic heterocycles. The molecule has 23 heavy (non-hydrogen) atoms. The van der Waals surface area contributed by atoms with Crippen LogP contribution in [0.15, 0.2) is 46.0 Å². The van der Waals surface area contributed by atoms with Crippen molar-refractivity contribution in [2.45, 2.75) is 0 Å². The number of hydrazone groups is 1. The van der Waals surface area contributed by atoms with Gasteiger partial charge in [0.05, 0.1) is 26.2 Å². The number of carbonyl (C=O) groups excluding carboxylic acids is 1. The molecule has 1 N–H and O–H groups in total. The highest BCUT2D eigenvalue weighted by atomic mass is 79.9. The average Bonchev–Trinajstić information content (AvgIpc) is 2.50. The minimum Gasteiger partial charge on any atom is -0.267 e. The van der Waals surface area contributed by atoms with Gasteiger partial charge in [0.25, 0.3) is 11.6 Å². The maximum absolute atomic E-state index is 13.1. The number of benzene rings is 2. The lowest BCUT2D eigenvalue weighted by Crippen LogP contribution is -2.18. The van der Waals surface area contributed by atoms with E-state index in [1.54, 1.807) is 0 Å². The second-order valence-corrected chi connectivity index (χ2v) is 5.56. The van der Waals surface area contributed by atoms with Crippen LogP contribution in [-0.4, -0.2) is 17.0 Å². The normalized spacial score (nSPS) is 10.7. The quantitative estimate of drug-likeness (QED) is 0.480. The molecule has 0 bridgehead atoms. The van der Waals surface area contributed by atoms with Gasteiger partial charge < -0.3 is 0 Å². The molecule has 0 radical (unpaired) electrons. The number of nitro groups is 1. The maximum Gasteiger partial charge on any atom is 0.272 e. The molecule has 0 heterocycles. The van der Waals surface area contributed by atoms with E-state index in [1.807, 2.05) is 0 Å².